The van der Waals surface area contributed by atoms with Gasteiger partial charge >= 0.3 is 0 Å². The van der Waals surface area contributed by atoms with Gasteiger partial charge in [0.25, 0.3) is 0 Å². The van der Waals surface area contributed by atoms with Gasteiger partial charge in [-0.3, -0.25) is 0 Å². The Bertz CT molecular complexity index is 282. The lowest BCUT2D eigenvalue weighted by Gasteiger charge is -2.13. The molecule has 0 spiro atoms. The minimum Gasteiger partial charge on any atom is -0.380 e. The van der Waals surface area contributed by atoms with E-state index in [9.17, 15) is 0 Å². The van der Waals surface area contributed by atoms with E-state index in [-0.39, 0.29) is 6.29 Å². The highest BCUT2D eigenvalue weighted by atomic mass is 16.7. The van der Waals surface area contributed by atoms with E-state index in [1.54, 1.807) is 21.3 Å². The summed E-state index contributed by atoms with van der Waals surface area (Å²) in [7, 11) is 4.99. The highest BCUT2D eigenvalue weighted by Gasteiger charge is 2.06. The van der Waals surface area contributed by atoms with E-state index < -0.39 is 0 Å². The van der Waals surface area contributed by atoms with Crippen LogP contribution >= 0.6 is 0 Å². The molecule has 0 heterocycles. The molecule has 1 aromatic carbocycles. The summed E-state index contributed by atoms with van der Waals surface area (Å²) in [6.45, 7) is 0.637. The molecule has 0 saturated carbocycles. The Morgan fingerprint density at radius 1 is 1.07 bits per heavy atom. The van der Waals surface area contributed by atoms with Crippen molar-refractivity contribution in [3.05, 3.63) is 35.4 Å². The third kappa shape index (κ3) is 4.00. The highest BCUT2D eigenvalue weighted by molar-refractivity contribution is 5.23. The molecule has 0 aromatic heterocycles. The molecule has 0 aliphatic heterocycles. The first-order chi connectivity index (χ1) is 7.30. The van der Waals surface area contributed by atoms with Crippen molar-refractivity contribution < 1.29 is 14.2 Å². The van der Waals surface area contributed by atoms with Crippen LogP contribution in [0.4, 0.5) is 0 Å². The molecule has 1 aromatic rings. The maximum absolute atomic E-state index is 5.15. The lowest BCUT2D eigenvalue weighted by molar-refractivity contribution is -0.100. The number of hydrogen-bond acceptors (Lipinski definition) is 3. The van der Waals surface area contributed by atoms with E-state index in [0.29, 0.717) is 6.61 Å². The summed E-state index contributed by atoms with van der Waals surface area (Å²) in [5.41, 5.74) is 2.36. The Kier molecular flexibility index (Phi) is 5.32. The van der Waals surface area contributed by atoms with E-state index >= 15 is 0 Å². The fourth-order valence-corrected chi connectivity index (χ4v) is 1.47. The quantitative estimate of drug-likeness (QED) is 0.672. The van der Waals surface area contributed by atoms with E-state index in [4.69, 9.17) is 14.2 Å². The van der Waals surface area contributed by atoms with E-state index in [1.807, 2.05) is 12.1 Å². The zero-order valence-corrected chi connectivity index (χ0v) is 9.53. The Morgan fingerprint density at radius 3 is 2.33 bits per heavy atom. The second kappa shape index (κ2) is 6.56. The van der Waals surface area contributed by atoms with Crippen LogP contribution in [0.25, 0.3) is 0 Å². The molecule has 1 rings (SSSR count). The molecule has 0 aliphatic carbocycles. The first kappa shape index (κ1) is 12.2. The molecular weight excluding hydrogens is 192 g/mol. The monoisotopic (exact) mass is 210 g/mol. The van der Waals surface area contributed by atoms with Crippen molar-refractivity contribution in [3.8, 4) is 0 Å². The third-order valence-electron chi connectivity index (χ3n) is 2.23. The predicted molar refractivity (Wildman–Crippen MR) is 58.7 cm³/mol. The molecule has 0 bridgehead atoms. The molecule has 0 unspecified atom stereocenters. The molecule has 0 saturated heterocycles. The van der Waals surface area contributed by atoms with Crippen molar-refractivity contribution in [2.45, 2.75) is 19.3 Å². The summed E-state index contributed by atoms with van der Waals surface area (Å²) in [6, 6.07) is 8.23. The van der Waals surface area contributed by atoms with Crippen molar-refractivity contribution in [2.24, 2.45) is 0 Å². The van der Waals surface area contributed by atoms with E-state index in [2.05, 4.69) is 12.1 Å². The number of rotatable bonds is 6. The number of methoxy groups -OCH3 is 3. The molecule has 0 amide bonds. The Hall–Kier alpha value is -0.900. The minimum absolute atomic E-state index is 0.178. The van der Waals surface area contributed by atoms with Crippen LogP contribution in [0.3, 0.4) is 0 Å². The molecule has 0 fully saturated rings. The summed E-state index contributed by atoms with van der Waals surface area (Å²) >= 11 is 0. The highest BCUT2D eigenvalue weighted by Crippen LogP contribution is 2.10. The second-order valence-corrected chi connectivity index (χ2v) is 3.36. The minimum atomic E-state index is -0.178. The van der Waals surface area contributed by atoms with Gasteiger partial charge in [-0.05, 0) is 11.1 Å². The van der Waals surface area contributed by atoms with Gasteiger partial charge in [-0.2, -0.15) is 0 Å². The molecule has 0 N–H and O–H groups in total. The summed E-state index contributed by atoms with van der Waals surface area (Å²) in [4.78, 5) is 0. The van der Waals surface area contributed by atoms with E-state index in [1.165, 1.54) is 11.1 Å². The van der Waals surface area contributed by atoms with Crippen LogP contribution in [0.5, 0.6) is 0 Å². The lowest BCUT2D eigenvalue weighted by atomic mass is 10.1. The predicted octanol–water partition coefficient (Wildman–Crippen LogP) is 1.99. The van der Waals surface area contributed by atoms with Gasteiger partial charge in [0.2, 0.25) is 0 Å². The standard InChI is InChI=1S/C12H18O3/c1-13-9-11-6-4-5-10(7-11)8-12(14-2)15-3/h4-7,12H,8-9H2,1-3H3. The van der Waals surface area contributed by atoms with Gasteiger partial charge in [0.05, 0.1) is 6.61 Å². The second-order valence-electron chi connectivity index (χ2n) is 3.36. The number of benzene rings is 1. The SMILES string of the molecule is COCc1cccc(CC(OC)OC)c1. The zero-order valence-electron chi connectivity index (χ0n) is 9.53. The van der Waals surface area contributed by atoms with Crippen LogP contribution < -0.4 is 0 Å². The Labute approximate surface area is 91.0 Å². The van der Waals surface area contributed by atoms with Gasteiger partial charge in [-0.15, -0.1) is 0 Å². The molecule has 3 nitrogen and oxygen atoms in total. The fraction of sp³-hybridized carbons (Fsp3) is 0.500. The van der Waals surface area contributed by atoms with Gasteiger partial charge in [0.1, 0.15) is 0 Å². The largest absolute Gasteiger partial charge is 0.380 e. The lowest BCUT2D eigenvalue weighted by Crippen LogP contribution is -2.16. The molecule has 0 radical (unpaired) electrons. The van der Waals surface area contributed by atoms with Gasteiger partial charge in [-0.25, -0.2) is 0 Å². The summed E-state index contributed by atoms with van der Waals surface area (Å²) in [5.74, 6) is 0. The normalized spacial score (nSPS) is 10.9. The first-order valence-corrected chi connectivity index (χ1v) is 4.92. The third-order valence-corrected chi connectivity index (χ3v) is 2.23. The van der Waals surface area contributed by atoms with Gasteiger partial charge in [0, 0.05) is 27.8 Å². The molecule has 0 atom stereocenters. The average Bonchev–Trinajstić information content (AvgIpc) is 2.27. The molecule has 15 heavy (non-hydrogen) atoms. The Balaban J connectivity index is 2.64. The average molecular weight is 210 g/mol. The molecule has 0 aliphatic rings. The maximum atomic E-state index is 5.15. The maximum Gasteiger partial charge on any atom is 0.160 e. The van der Waals surface area contributed by atoms with Crippen LogP contribution in [0.15, 0.2) is 24.3 Å². The van der Waals surface area contributed by atoms with Crippen LogP contribution in [-0.4, -0.2) is 27.6 Å². The van der Waals surface area contributed by atoms with Gasteiger partial charge in [0.15, 0.2) is 6.29 Å². The molecular formula is C12H18O3. The van der Waals surface area contributed by atoms with Gasteiger partial charge < -0.3 is 14.2 Å². The summed E-state index contributed by atoms with van der Waals surface area (Å²) in [6.07, 6.45) is 0.577. The number of ether oxygens (including phenoxy) is 3. The number of hydrogen-bond donors (Lipinski definition) is 0. The summed E-state index contributed by atoms with van der Waals surface area (Å²) < 4.78 is 15.4. The molecule has 84 valence electrons. The first-order valence-electron chi connectivity index (χ1n) is 4.92. The topological polar surface area (TPSA) is 27.7 Å². The van der Waals surface area contributed by atoms with Crippen LogP contribution in [0, 0.1) is 0 Å². The van der Waals surface area contributed by atoms with Gasteiger partial charge in [-0.1, -0.05) is 24.3 Å². The molecule has 3 heteroatoms. The van der Waals surface area contributed by atoms with Crippen LogP contribution in [-0.2, 0) is 27.2 Å². The smallest absolute Gasteiger partial charge is 0.160 e. The van der Waals surface area contributed by atoms with Crippen molar-refractivity contribution in [1.82, 2.24) is 0 Å². The summed E-state index contributed by atoms with van der Waals surface area (Å²) in [5, 5.41) is 0. The van der Waals surface area contributed by atoms with Crippen molar-refractivity contribution >= 4 is 0 Å². The van der Waals surface area contributed by atoms with E-state index in [0.717, 1.165) is 6.42 Å². The van der Waals surface area contributed by atoms with Crippen molar-refractivity contribution in [1.29, 1.82) is 0 Å². The van der Waals surface area contributed by atoms with Crippen LogP contribution in [0.2, 0.25) is 0 Å². The fourth-order valence-electron chi connectivity index (χ4n) is 1.47. The Morgan fingerprint density at radius 2 is 1.73 bits per heavy atom. The van der Waals surface area contributed by atoms with Crippen molar-refractivity contribution in [3.63, 3.8) is 0 Å². The zero-order chi connectivity index (χ0) is 11.1. The van der Waals surface area contributed by atoms with Crippen molar-refractivity contribution in [2.75, 3.05) is 21.3 Å². The van der Waals surface area contributed by atoms with Crippen LogP contribution in [0.1, 0.15) is 11.1 Å².